The molecule has 0 radical (unpaired) electrons. The van der Waals surface area contributed by atoms with E-state index in [2.05, 4.69) is 38.1 Å². The van der Waals surface area contributed by atoms with E-state index >= 15 is 0 Å². The summed E-state index contributed by atoms with van der Waals surface area (Å²) < 4.78 is 1.00. The fourth-order valence-electron chi connectivity index (χ4n) is 3.05. The van der Waals surface area contributed by atoms with Crippen LogP contribution < -0.4 is 5.32 Å². The minimum absolute atomic E-state index is 0.0622. The van der Waals surface area contributed by atoms with Crippen molar-refractivity contribution in [1.82, 2.24) is 4.90 Å². The molecule has 3 aromatic rings. The van der Waals surface area contributed by atoms with Gasteiger partial charge in [-0.15, -0.1) is 5.11 Å². The molecule has 1 fully saturated rings. The predicted octanol–water partition coefficient (Wildman–Crippen LogP) is 7.39. The number of carbonyl (C=O) groups is 3. The second-order valence-corrected chi connectivity index (χ2v) is 10.4. The molecule has 1 aliphatic rings. The molecular formula is C24H15Cl2IN4O4S. The van der Waals surface area contributed by atoms with Crippen molar-refractivity contribution in [3.8, 4) is 5.75 Å². The summed E-state index contributed by atoms with van der Waals surface area (Å²) in [5, 5.41) is 21.3. The van der Waals surface area contributed by atoms with Crippen LogP contribution in [0.2, 0.25) is 10.0 Å². The molecule has 12 heteroatoms. The highest BCUT2D eigenvalue weighted by atomic mass is 127. The van der Waals surface area contributed by atoms with Crippen molar-refractivity contribution in [1.29, 1.82) is 0 Å². The molecule has 3 aromatic carbocycles. The van der Waals surface area contributed by atoms with E-state index < -0.39 is 23.6 Å². The van der Waals surface area contributed by atoms with Crippen molar-refractivity contribution < 1.29 is 19.5 Å². The van der Waals surface area contributed by atoms with Crippen LogP contribution in [0, 0.1) is 3.57 Å². The lowest BCUT2D eigenvalue weighted by Crippen LogP contribution is -2.36. The number of azo groups is 1. The van der Waals surface area contributed by atoms with E-state index in [0.717, 1.165) is 8.47 Å². The maximum absolute atomic E-state index is 12.8. The summed E-state index contributed by atoms with van der Waals surface area (Å²) in [4.78, 5) is 38.5. The first-order valence-corrected chi connectivity index (χ1v) is 12.9. The van der Waals surface area contributed by atoms with E-state index in [1.165, 1.54) is 30.3 Å². The van der Waals surface area contributed by atoms with Gasteiger partial charge in [0.15, 0.2) is 0 Å². The standard InChI is InChI=1S/C24H15Cl2IN4O4S/c25-14-1-7-19(18(26)11-14)30-29-17-6-8-20(32)13(9-17)10-21-23(34)31(24(35)36-21)12-22(33)28-16-4-2-15(27)3-5-16/h1-11,32H,12H2,(H,28,33)/b21-10-,30-29?. The van der Waals surface area contributed by atoms with E-state index in [1.54, 1.807) is 24.3 Å². The van der Waals surface area contributed by atoms with Crippen molar-refractivity contribution in [2.75, 3.05) is 11.9 Å². The number of phenolic OH excluding ortho intramolecular Hbond substituents is 1. The Kier molecular flexibility index (Phi) is 8.29. The van der Waals surface area contributed by atoms with Crippen molar-refractivity contribution in [2.45, 2.75) is 0 Å². The number of nitrogens with zero attached hydrogens (tertiary/aromatic N) is 3. The molecule has 8 nitrogen and oxygen atoms in total. The topological polar surface area (TPSA) is 111 Å². The summed E-state index contributed by atoms with van der Waals surface area (Å²) in [6.07, 6.45) is 1.37. The lowest BCUT2D eigenvalue weighted by molar-refractivity contribution is -0.127. The lowest BCUT2D eigenvalue weighted by Gasteiger charge is -2.12. The molecule has 0 unspecified atom stereocenters. The maximum Gasteiger partial charge on any atom is 0.294 e. The Morgan fingerprint density at radius 3 is 2.53 bits per heavy atom. The zero-order valence-corrected chi connectivity index (χ0v) is 22.6. The molecule has 1 saturated heterocycles. The zero-order chi connectivity index (χ0) is 25.8. The molecule has 36 heavy (non-hydrogen) atoms. The van der Waals surface area contributed by atoms with Crippen LogP contribution >= 0.6 is 57.6 Å². The Morgan fingerprint density at radius 2 is 1.81 bits per heavy atom. The van der Waals surface area contributed by atoms with Gasteiger partial charge in [-0.3, -0.25) is 19.3 Å². The number of thioether (sulfide) groups is 1. The number of rotatable bonds is 6. The van der Waals surface area contributed by atoms with Crippen LogP contribution in [0.15, 0.2) is 75.8 Å². The molecule has 0 aliphatic carbocycles. The van der Waals surface area contributed by atoms with Gasteiger partial charge in [0.05, 0.1) is 15.6 Å². The highest BCUT2D eigenvalue weighted by Gasteiger charge is 2.36. The van der Waals surface area contributed by atoms with Gasteiger partial charge in [0, 0.05) is 19.8 Å². The number of hydrogen-bond acceptors (Lipinski definition) is 7. The molecule has 0 spiro atoms. The molecule has 0 saturated carbocycles. The van der Waals surface area contributed by atoms with Gasteiger partial charge in [0.25, 0.3) is 11.1 Å². The van der Waals surface area contributed by atoms with Crippen LogP contribution in [0.3, 0.4) is 0 Å². The van der Waals surface area contributed by atoms with Crippen molar-refractivity contribution >= 4 is 97.7 Å². The molecular weight excluding hydrogens is 638 g/mol. The summed E-state index contributed by atoms with van der Waals surface area (Å²) in [6, 6.07) is 16.3. The number of phenols is 1. The number of imide groups is 1. The molecule has 1 aliphatic heterocycles. The average Bonchev–Trinajstić information content (AvgIpc) is 3.09. The number of aromatic hydroxyl groups is 1. The number of anilines is 1. The second-order valence-electron chi connectivity index (χ2n) is 7.36. The first-order chi connectivity index (χ1) is 17.2. The Labute approximate surface area is 233 Å². The molecule has 0 atom stereocenters. The fourth-order valence-corrected chi connectivity index (χ4v) is 4.68. The van der Waals surface area contributed by atoms with Crippen LogP contribution in [-0.2, 0) is 9.59 Å². The van der Waals surface area contributed by atoms with Gasteiger partial charge in [-0.05, 0) is 101 Å². The third kappa shape index (κ3) is 6.44. The second kappa shape index (κ2) is 11.4. The number of nitrogens with one attached hydrogen (secondary N) is 1. The van der Waals surface area contributed by atoms with E-state index in [9.17, 15) is 19.5 Å². The lowest BCUT2D eigenvalue weighted by atomic mass is 10.1. The van der Waals surface area contributed by atoms with Crippen molar-refractivity contribution in [3.63, 3.8) is 0 Å². The van der Waals surface area contributed by atoms with E-state index in [0.29, 0.717) is 38.9 Å². The number of carbonyl (C=O) groups excluding carboxylic acids is 3. The third-order valence-electron chi connectivity index (χ3n) is 4.78. The normalized spacial score (nSPS) is 14.8. The summed E-state index contributed by atoms with van der Waals surface area (Å²) in [6.45, 7) is -0.434. The van der Waals surface area contributed by atoms with E-state index in [1.807, 2.05) is 12.1 Å². The highest BCUT2D eigenvalue weighted by Crippen LogP contribution is 2.35. The van der Waals surface area contributed by atoms with Gasteiger partial charge >= 0.3 is 0 Å². The van der Waals surface area contributed by atoms with E-state index in [-0.39, 0.29) is 16.2 Å². The third-order valence-corrected chi connectivity index (χ3v) is 6.95. The van der Waals surface area contributed by atoms with Gasteiger partial charge in [-0.2, -0.15) is 5.11 Å². The number of benzene rings is 3. The molecule has 4 rings (SSSR count). The van der Waals surface area contributed by atoms with Gasteiger partial charge in [0.2, 0.25) is 5.91 Å². The zero-order valence-electron chi connectivity index (χ0n) is 18.1. The number of hydrogen-bond donors (Lipinski definition) is 2. The molecule has 3 amide bonds. The highest BCUT2D eigenvalue weighted by molar-refractivity contribution is 14.1. The first-order valence-electron chi connectivity index (χ1n) is 10.2. The van der Waals surface area contributed by atoms with Gasteiger partial charge < -0.3 is 10.4 Å². The van der Waals surface area contributed by atoms with Crippen LogP contribution in [0.1, 0.15) is 5.56 Å². The van der Waals surface area contributed by atoms with Gasteiger partial charge in [-0.25, -0.2) is 0 Å². The maximum atomic E-state index is 12.8. The minimum Gasteiger partial charge on any atom is -0.507 e. The van der Waals surface area contributed by atoms with Gasteiger partial charge in [-0.1, -0.05) is 23.2 Å². The number of amides is 3. The first kappa shape index (κ1) is 26.1. The molecule has 2 N–H and O–H groups in total. The molecule has 182 valence electrons. The Bertz CT molecular complexity index is 1430. The summed E-state index contributed by atoms with van der Waals surface area (Å²) in [5.41, 5.74) is 1.59. The van der Waals surface area contributed by atoms with Crippen LogP contribution in [0.5, 0.6) is 5.75 Å². The van der Waals surface area contributed by atoms with Crippen LogP contribution in [0.25, 0.3) is 6.08 Å². The quantitative estimate of drug-likeness (QED) is 0.164. The Hall–Kier alpha value is -2.93. The van der Waals surface area contributed by atoms with Crippen LogP contribution in [0.4, 0.5) is 21.9 Å². The largest absolute Gasteiger partial charge is 0.507 e. The molecule has 0 aromatic heterocycles. The average molecular weight is 653 g/mol. The SMILES string of the molecule is O=C(CN1C(=O)S/C(=C\c2cc(N=Nc3ccc(Cl)cc3Cl)ccc2O)C1=O)Nc1ccc(I)cc1. The van der Waals surface area contributed by atoms with Crippen molar-refractivity contribution in [2.24, 2.45) is 10.2 Å². The van der Waals surface area contributed by atoms with Crippen molar-refractivity contribution in [3.05, 3.63) is 84.7 Å². The Morgan fingerprint density at radius 1 is 1.06 bits per heavy atom. The van der Waals surface area contributed by atoms with E-state index in [4.69, 9.17) is 23.2 Å². The smallest absolute Gasteiger partial charge is 0.294 e. The molecule has 0 bridgehead atoms. The summed E-state index contributed by atoms with van der Waals surface area (Å²) >= 11 is 14.8. The number of halogens is 3. The monoisotopic (exact) mass is 652 g/mol. The molecule has 1 heterocycles. The minimum atomic E-state index is -0.637. The summed E-state index contributed by atoms with van der Waals surface area (Å²) in [7, 11) is 0. The van der Waals surface area contributed by atoms with Gasteiger partial charge in [0.1, 0.15) is 18.0 Å². The summed E-state index contributed by atoms with van der Waals surface area (Å²) in [5.74, 6) is -1.27. The predicted molar refractivity (Wildman–Crippen MR) is 149 cm³/mol. The van der Waals surface area contributed by atoms with Crippen LogP contribution in [-0.4, -0.2) is 33.6 Å². The fraction of sp³-hybridized carbons (Fsp3) is 0.0417. The Balaban J connectivity index is 1.48.